The summed E-state index contributed by atoms with van der Waals surface area (Å²) in [6.45, 7) is 3.42. The Bertz CT molecular complexity index is 1450. The summed E-state index contributed by atoms with van der Waals surface area (Å²) >= 11 is 5.38. The van der Waals surface area contributed by atoms with Crippen LogP contribution in [0.1, 0.15) is 50.7 Å². The third kappa shape index (κ3) is 6.85. The second-order valence-corrected chi connectivity index (χ2v) is 10.4. The van der Waals surface area contributed by atoms with Crippen LogP contribution in [0.25, 0.3) is 0 Å². The molecule has 0 aliphatic heterocycles. The van der Waals surface area contributed by atoms with Crippen LogP contribution >= 0.6 is 12.2 Å². The molecule has 0 radical (unpaired) electrons. The quantitative estimate of drug-likeness (QED) is 0.303. The van der Waals surface area contributed by atoms with E-state index in [0.717, 1.165) is 31.2 Å². The van der Waals surface area contributed by atoms with Crippen molar-refractivity contribution in [1.82, 2.24) is 9.55 Å². The van der Waals surface area contributed by atoms with Crippen molar-refractivity contribution in [3.63, 3.8) is 0 Å². The first-order valence-corrected chi connectivity index (χ1v) is 13.1. The van der Waals surface area contributed by atoms with Crippen molar-refractivity contribution >= 4 is 29.6 Å². The van der Waals surface area contributed by atoms with Crippen LogP contribution in [-0.4, -0.2) is 34.3 Å². The number of hydrogen-bond donors (Lipinski definition) is 3. The highest BCUT2D eigenvalue weighted by molar-refractivity contribution is 7.71. The van der Waals surface area contributed by atoms with Crippen molar-refractivity contribution < 1.29 is 23.4 Å². The highest BCUT2D eigenvalue weighted by atomic mass is 32.1. The molecule has 3 aromatic rings. The number of H-pyrrole nitrogens is 1. The van der Waals surface area contributed by atoms with Gasteiger partial charge in [-0.3, -0.25) is 19.1 Å². The molecule has 0 unspecified atom stereocenters. The van der Waals surface area contributed by atoms with E-state index >= 15 is 0 Å². The molecule has 1 aliphatic rings. The standard InChI is InChI=1S/C28H33FN4O5S/c1-28(2,37-16-17-8-11-19(29)12-9-17)26(35)31-23-24(30)33(27(39)32-25(23)34)15-18-10-13-21(36-3)22(14-18)38-20-6-4-5-7-20/h8-14,20H,4-7,15-16,30H2,1-3H3,(H,31,35)(H,32,34,39). The smallest absolute Gasteiger partial charge is 0.277 e. The fourth-order valence-electron chi connectivity index (χ4n) is 4.32. The van der Waals surface area contributed by atoms with Gasteiger partial charge in [-0.05, 0) is 87.1 Å². The van der Waals surface area contributed by atoms with Gasteiger partial charge in [0, 0.05) is 0 Å². The van der Waals surface area contributed by atoms with Gasteiger partial charge in [0.15, 0.2) is 16.3 Å². The van der Waals surface area contributed by atoms with Crippen LogP contribution in [0.3, 0.4) is 0 Å². The molecular weight excluding hydrogens is 523 g/mol. The Hall–Kier alpha value is -3.70. The van der Waals surface area contributed by atoms with Gasteiger partial charge < -0.3 is 25.3 Å². The number of anilines is 2. The van der Waals surface area contributed by atoms with Crippen molar-refractivity contribution in [1.29, 1.82) is 0 Å². The van der Waals surface area contributed by atoms with Crippen LogP contribution in [0, 0.1) is 10.6 Å². The van der Waals surface area contributed by atoms with E-state index in [2.05, 4.69) is 10.3 Å². The van der Waals surface area contributed by atoms with Crippen LogP contribution in [0.5, 0.6) is 11.5 Å². The Balaban J connectivity index is 1.53. The third-order valence-electron chi connectivity index (χ3n) is 6.70. The number of methoxy groups -OCH3 is 1. The molecule has 1 heterocycles. The van der Waals surface area contributed by atoms with Crippen LogP contribution in [0.4, 0.5) is 15.9 Å². The number of aromatic amines is 1. The number of nitrogens with one attached hydrogen (secondary N) is 2. The SMILES string of the molecule is COc1ccc(Cn2c(N)c(NC(=O)C(C)(C)OCc3ccc(F)cc3)c(=O)[nH]c2=S)cc1OC1CCCC1. The highest BCUT2D eigenvalue weighted by Crippen LogP contribution is 2.33. The number of benzene rings is 2. The summed E-state index contributed by atoms with van der Waals surface area (Å²) in [5, 5.41) is 2.59. The molecule has 0 spiro atoms. The first kappa shape index (κ1) is 28.3. The number of nitrogen functional groups attached to an aromatic ring is 1. The topological polar surface area (TPSA) is 121 Å². The monoisotopic (exact) mass is 556 g/mol. The number of nitrogens with zero attached hydrogens (tertiary/aromatic N) is 1. The van der Waals surface area contributed by atoms with Gasteiger partial charge in [0.05, 0.1) is 26.4 Å². The summed E-state index contributed by atoms with van der Waals surface area (Å²) in [5.41, 5.74) is 5.78. The second-order valence-electron chi connectivity index (χ2n) is 9.99. The van der Waals surface area contributed by atoms with Crippen molar-refractivity contribution in [2.24, 2.45) is 0 Å². The first-order valence-electron chi connectivity index (χ1n) is 12.7. The number of nitrogens with two attached hydrogens (primary N) is 1. The maximum absolute atomic E-state index is 13.2. The predicted octanol–water partition coefficient (Wildman–Crippen LogP) is 4.94. The van der Waals surface area contributed by atoms with E-state index in [1.807, 2.05) is 18.2 Å². The van der Waals surface area contributed by atoms with Crippen LogP contribution in [0.2, 0.25) is 0 Å². The van der Waals surface area contributed by atoms with E-state index in [1.54, 1.807) is 33.1 Å². The Morgan fingerprint density at radius 2 is 1.82 bits per heavy atom. The lowest BCUT2D eigenvalue weighted by Gasteiger charge is -2.25. The van der Waals surface area contributed by atoms with Gasteiger partial charge in [-0.1, -0.05) is 18.2 Å². The maximum Gasteiger partial charge on any atom is 0.277 e. The van der Waals surface area contributed by atoms with Gasteiger partial charge in [0.25, 0.3) is 11.5 Å². The zero-order valence-corrected chi connectivity index (χ0v) is 23.0. The molecular formula is C28H33FN4O5S. The fraction of sp³-hybridized carbons (Fsp3) is 0.393. The van der Waals surface area contributed by atoms with E-state index in [4.69, 9.17) is 32.2 Å². The van der Waals surface area contributed by atoms with Crippen LogP contribution < -0.4 is 26.1 Å². The minimum atomic E-state index is -1.33. The molecule has 0 atom stereocenters. The second kappa shape index (κ2) is 12.0. The number of carbonyl (C=O) groups excluding carboxylic acids is 1. The molecule has 4 N–H and O–H groups in total. The third-order valence-corrected chi connectivity index (χ3v) is 7.02. The normalized spacial score (nSPS) is 13.8. The summed E-state index contributed by atoms with van der Waals surface area (Å²) in [5.74, 6) is 0.309. The number of carbonyl (C=O) groups is 1. The van der Waals surface area contributed by atoms with Gasteiger partial charge in [-0.15, -0.1) is 0 Å². The molecule has 9 nitrogen and oxygen atoms in total. The van der Waals surface area contributed by atoms with Crippen molar-refractivity contribution in [3.8, 4) is 11.5 Å². The highest BCUT2D eigenvalue weighted by Gasteiger charge is 2.30. The molecule has 1 aliphatic carbocycles. The lowest BCUT2D eigenvalue weighted by molar-refractivity contribution is -0.138. The van der Waals surface area contributed by atoms with E-state index in [1.165, 1.54) is 16.7 Å². The summed E-state index contributed by atoms with van der Waals surface area (Å²) in [4.78, 5) is 28.4. The molecule has 0 bridgehead atoms. The van der Waals surface area contributed by atoms with E-state index < -0.39 is 17.1 Å². The average molecular weight is 557 g/mol. The Kier molecular flexibility index (Phi) is 8.71. The Labute approximate surface area is 231 Å². The molecule has 11 heteroatoms. The molecule has 1 saturated carbocycles. The molecule has 39 heavy (non-hydrogen) atoms. The number of halogens is 1. The molecule has 4 rings (SSSR count). The number of rotatable bonds is 10. The lowest BCUT2D eigenvalue weighted by atomic mass is 10.1. The van der Waals surface area contributed by atoms with Gasteiger partial charge in [0.2, 0.25) is 0 Å². The van der Waals surface area contributed by atoms with Crippen molar-refractivity contribution in [2.75, 3.05) is 18.2 Å². The maximum atomic E-state index is 13.2. The number of amides is 1. The summed E-state index contributed by atoms with van der Waals surface area (Å²) in [6, 6.07) is 11.3. The largest absolute Gasteiger partial charge is 0.493 e. The number of hydrogen-bond acceptors (Lipinski definition) is 7. The van der Waals surface area contributed by atoms with Gasteiger partial charge >= 0.3 is 0 Å². The van der Waals surface area contributed by atoms with E-state index in [0.29, 0.717) is 17.1 Å². The molecule has 2 aromatic carbocycles. The molecule has 1 fully saturated rings. The zero-order valence-electron chi connectivity index (χ0n) is 22.2. The van der Waals surface area contributed by atoms with Crippen molar-refractivity contribution in [2.45, 2.75) is 64.4 Å². The van der Waals surface area contributed by atoms with Gasteiger partial charge in [-0.25, -0.2) is 4.39 Å². The Morgan fingerprint density at radius 1 is 1.15 bits per heavy atom. The minimum Gasteiger partial charge on any atom is -0.493 e. The number of ether oxygens (including phenoxy) is 3. The predicted molar refractivity (Wildman–Crippen MR) is 149 cm³/mol. The average Bonchev–Trinajstić information content (AvgIpc) is 3.42. The van der Waals surface area contributed by atoms with E-state index in [9.17, 15) is 14.0 Å². The van der Waals surface area contributed by atoms with Crippen LogP contribution in [-0.2, 0) is 22.7 Å². The van der Waals surface area contributed by atoms with Crippen LogP contribution in [0.15, 0.2) is 47.3 Å². The van der Waals surface area contributed by atoms with Crippen molar-refractivity contribution in [3.05, 3.63) is 74.5 Å². The fourth-order valence-corrected chi connectivity index (χ4v) is 4.58. The van der Waals surface area contributed by atoms with Gasteiger partial charge in [-0.2, -0.15) is 0 Å². The molecule has 208 valence electrons. The Morgan fingerprint density at radius 3 is 2.49 bits per heavy atom. The summed E-state index contributed by atoms with van der Waals surface area (Å²) < 4.78 is 32.2. The van der Waals surface area contributed by atoms with E-state index in [-0.39, 0.29) is 41.3 Å². The summed E-state index contributed by atoms with van der Waals surface area (Å²) in [6.07, 6.45) is 4.41. The van der Waals surface area contributed by atoms with Gasteiger partial charge in [0.1, 0.15) is 22.9 Å². The summed E-state index contributed by atoms with van der Waals surface area (Å²) in [7, 11) is 1.59. The zero-order chi connectivity index (χ0) is 28.2. The molecule has 1 aromatic heterocycles. The minimum absolute atomic E-state index is 0.000476. The first-order chi connectivity index (χ1) is 18.6. The lowest BCUT2D eigenvalue weighted by Crippen LogP contribution is -2.41. The molecule has 0 saturated heterocycles. The molecule has 1 amide bonds. The number of aromatic nitrogens is 2.